The Morgan fingerprint density at radius 3 is 2.56 bits per heavy atom. The van der Waals surface area contributed by atoms with Gasteiger partial charge in [0, 0.05) is 54.1 Å². The maximum Gasteiger partial charge on any atom is 0.228 e. The van der Waals surface area contributed by atoms with Crippen LogP contribution in [-0.4, -0.2) is 70.9 Å². The third-order valence-corrected chi connectivity index (χ3v) is 10.0. The van der Waals surface area contributed by atoms with Crippen molar-refractivity contribution in [3.05, 3.63) is 35.5 Å². The molecule has 1 aliphatic carbocycles. The van der Waals surface area contributed by atoms with E-state index in [2.05, 4.69) is 28.5 Å². The van der Waals surface area contributed by atoms with Gasteiger partial charge in [-0.1, -0.05) is 43.9 Å². The van der Waals surface area contributed by atoms with Gasteiger partial charge in [-0.3, -0.25) is 14.4 Å². The number of ether oxygens (including phenoxy) is 1. The Balaban J connectivity index is 1.45. The van der Waals surface area contributed by atoms with Crippen LogP contribution in [0.25, 0.3) is 10.9 Å². The van der Waals surface area contributed by atoms with Crippen molar-refractivity contribution in [1.82, 2.24) is 20.1 Å². The zero-order valence-corrected chi connectivity index (χ0v) is 25.0. The van der Waals surface area contributed by atoms with Crippen LogP contribution < -0.4 is 5.32 Å². The van der Waals surface area contributed by atoms with Crippen LogP contribution in [0.5, 0.6) is 0 Å². The van der Waals surface area contributed by atoms with E-state index in [0.29, 0.717) is 45.2 Å². The van der Waals surface area contributed by atoms with E-state index in [-0.39, 0.29) is 29.7 Å². The van der Waals surface area contributed by atoms with E-state index in [1.807, 2.05) is 36.6 Å². The minimum atomic E-state index is -0.737. The molecule has 3 fully saturated rings. The number of morpholine rings is 1. The summed E-state index contributed by atoms with van der Waals surface area (Å²) < 4.78 is 5.60. The van der Waals surface area contributed by atoms with Crippen LogP contribution >= 0.6 is 0 Å². The number of piperidine rings is 1. The predicted molar refractivity (Wildman–Crippen MR) is 158 cm³/mol. The van der Waals surface area contributed by atoms with Crippen molar-refractivity contribution >= 4 is 28.6 Å². The van der Waals surface area contributed by atoms with E-state index < -0.39 is 17.4 Å². The standard InChI is InChI=1S/C33H46N4O4/c1-32(2,3)35-28(38)21-23-20-26(31(40)36-16-18-41-19-17-36)33(14-12-22-8-4-5-9-22)29-25(13-15-37(33)30(23)39)24-10-6-7-11-27(24)34-29/h6-7,10-11,22-23,26,34H,4-5,8-9,12-21H2,1-3H3,(H,35,38)/t23?,26-,33+/m1/s1. The lowest BCUT2D eigenvalue weighted by molar-refractivity contribution is -0.169. The van der Waals surface area contributed by atoms with Crippen LogP contribution in [-0.2, 0) is 31.1 Å². The summed E-state index contributed by atoms with van der Waals surface area (Å²) in [7, 11) is 0. The quantitative estimate of drug-likeness (QED) is 0.541. The minimum Gasteiger partial charge on any atom is -0.378 e. The summed E-state index contributed by atoms with van der Waals surface area (Å²) in [6.07, 6.45) is 7.99. The highest BCUT2D eigenvalue weighted by Crippen LogP contribution is 2.53. The zero-order valence-electron chi connectivity index (χ0n) is 25.0. The monoisotopic (exact) mass is 562 g/mol. The molecule has 3 amide bonds. The lowest BCUT2D eigenvalue weighted by Gasteiger charge is -2.56. The second kappa shape index (κ2) is 11.1. The molecule has 41 heavy (non-hydrogen) atoms. The van der Waals surface area contributed by atoms with Crippen LogP contribution in [0, 0.1) is 17.8 Å². The molecule has 1 aromatic heterocycles. The molecular weight excluding hydrogens is 516 g/mol. The zero-order chi connectivity index (χ0) is 28.8. The van der Waals surface area contributed by atoms with Crippen molar-refractivity contribution in [2.24, 2.45) is 17.8 Å². The molecule has 0 radical (unpaired) electrons. The summed E-state index contributed by atoms with van der Waals surface area (Å²) in [6, 6.07) is 8.37. The molecule has 2 saturated heterocycles. The van der Waals surface area contributed by atoms with Crippen molar-refractivity contribution in [2.45, 2.75) is 89.6 Å². The normalized spacial score (nSPS) is 27.1. The highest BCUT2D eigenvalue weighted by molar-refractivity contribution is 5.93. The van der Waals surface area contributed by atoms with Crippen molar-refractivity contribution in [1.29, 1.82) is 0 Å². The molecule has 8 nitrogen and oxygen atoms in total. The maximum atomic E-state index is 14.6. The lowest BCUT2D eigenvalue weighted by Crippen LogP contribution is -2.66. The smallest absolute Gasteiger partial charge is 0.228 e. The summed E-state index contributed by atoms with van der Waals surface area (Å²) in [5, 5.41) is 4.24. The van der Waals surface area contributed by atoms with Crippen molar-refractivity contribution in [3.8, 4) is 0 Å². The first-order valence-electron chi connectivity index (χ1n) is 15.8. The molecule has 222 valence electrons. The molecule has 4 aliphatic rings. The highest BCUT2D eigenvalue weighted by Gasteiger charge is 2.59. The van der Waals surface area contributed by atoms with Gasteiger partial charge in [-0.15, -0.1) is 0 Å². The fraction of sp³-hybridized carbons (Fsp3) is 0.667. The minimum absolute atomic E-state index is 0.0239. The molecule has 8 heteroatoms. The first-order valence-corrected chi connectivity index (χ1v) is 15.8. The van der Waals surface area contributed by atoms with Crippen LogP contribution in [0.1, 0.15) is 83.4 Å². The van der Waals surface area contributed by atoms with Gasteiger partial charge < -0.3 is 24.8 Å². The number of para-hydroxylation sites is 1. The number of hydrogen-bond acceptors (Lipinski definition) is 4. The largest absolute Gasteiger partial charge is 0.378 e. The molecule has 1 aromatic carbocycles. The Morgan fingerprint density at radius 1 is 1.10 bits per heavy atom. The molecular formula is C33H46N4O4. The highest BCUT2D eigenvalue weighted by atomic mass is 16.5. The van der Waals surface area contributed by atoms with Gasteiger partial charge in [0.2, 0.25) is 17.7 Å². The van der Waals surface area contributed by atoms with Crippen LogP contribution in [0.15, 0.2) is 24.3 Å². The van der Waals surface area contributed by atoms with Gasteiger partial charge in [-0.05, 0) is 64.0 Å². The molecule has 0 bridgehead atoms. The molecule has 0 spiro atoms. The molecule has 3 atom stereocenters. The van der Waals surface area contributed by atoms with E-state index in [0.717, 1.165) is 30.5 Å². The summed E-state index contributed by atoms with van der Waals surface area (Å²) in [5.41, 5.74) is 2.25. The lowest BCUT2D eigenvalue weighted by atomic mass is 9.64. The Bertz CT molecular complexity index is 1300. The number of H-pyrrole nitrogens is 1. The number of fused-ring (bicyclic) bond motifs is 5. The molecule has 6 rings (SSSR count). The van der Waals surface area contributed by atoms with Gasteiger partial charge >= 0.3 is 0 Å². The van der Waals surface area contributed by atoms with Crippen molar-refractivity contribution in [2.75, 3.05) is 32.8 Å². The van der Waals surface area contributed by atoms with Gasteiger partial charge in [-0.25, -0.2) is 0 Å². The third kappa shape index (κ3) is 5.28. The fourth-order valence-electron chi connectivity index (χ4n) is 8.19. The topological polar surface area (TPSA) is 94.7 Å². The maximum absolute atomic E-state index is 14.6. The number of benzene rings is 1. The average molecular weight is 563 g/mol. The summed E-state index contributed by atoms with van der Waals surface area (Å²) in [6.45, 7) is 8.63. The molecule has 3 aliphatic heterocycles. The Kier molecular flexibility index (Phi) is 7.64. The average Bonchev–Trinajstić information content (AvgIpc) is 3.61. The third-order valence-electron chi connectivity index (χ3n) is 10.0. The summed E-state index contributed by atoms with van der Waals surface area (Å²) in [4.78, 5) is 49.9. The van der Waals surface area contributed by atoms with E-state index in [1.54, 1.807) is 0 Å². The number of hydrogen-bond donors (Lipinski definition) is 2. The van der Waals surface area contributed by atoms with Crippen molar-refractivity contribution in [3.63, 3.8) is 0 Å². The predicted octanol–water partition coefficient (Wildman–Crippen LogP) is 4.52. The number of carbonyl (C=O) groups excluding carboxylic acids is 3. The van der Waals surface area contributed by atoms with Gasteiger partial charge in [0.05, 0.1) is 24.7 Å². The first-order chi connectivity index (χ1) is 19.7. The second-order valence-electron chi connectivity index (χ2n) is 13.8. The SMILES string of the molecule is CC(C)(C)NC(=O)CC1C[C@H](C(=O)N2CCOCC2)[C@@]2(CCC3CCCC3)c3[nH]c4ccccc4c3CCN2C1=O. The van der Waals surface area contributed by atoms with Gasteiger partial charge in [-0.2, -0.15) is 0 Å². The van der Waals surface area contributed by atoms with Gasteiger partial charge in [0.1, 0.15) is 0 Å². The van der Waals surface area contributed by atoms with E-state index in [4.69, 9.17) is 4.74 Å². The number of aromatic nitrogens is 1. The van der Waals surface area contributed by atoms with Crippen LogP contribution in [0.4, 0.5) is 0 Å². The Hall–Kier alpha value is -2.87. The van der Waals surface area contributed by atoms with E-state index in [1.165, 1.54) is 36.6 Å². The summed E-state index contributed by atoms with van der Waals surface area (Å²) in [5.74, 6) is -0.307. The van der Waals surface area contributed by atoms with Crippen LogP contribution in [0.3, 0.4) is 0 Å². The Morgan fingerprint density at radius 2 is 1.83 bits per heavy atom. The number of amides is 3. The Labute approximate surface area is 243 Å². The number of rotatable bonds is 6. The number of carbonyl (C=O) groups is 3. The van der Waals surface area contributed by atoms with Gasteiger partial charge in [0.15, 0.2) is 0 Å². The fourth-order valence-corrected chi connectivity index (χ4v) is 8.19. The van der Waals surface area contributed by atoms with E-state index >= 15 is 0 Å². The molecule has 2 aromatic rings. The van der Waals surface area contributed by atoms with Crippen molar-refractivity contribution < 1.29 is 19.1 Å². The molecule has 4 heterocycles. The number of nitrogens with one attached hydrogen (secondary N) is 2. The van der Waals surface area contributed by atoms with Crippen LogP contribution in [0.2, 0.25) is 0 Å². The summed E-state index contributed by atoms with van der Waals surface area (Å²) >= 11 is 0. The first kappa shape index (κ1) is 28.3. The molecule has 1 saturated carbocycles. The molecule has 2 N–H and O–H groups in total. The number of nitrogens with zero attached hydrogens (tertiary/aromatic N) is 2. The number of aromatic amines is 1. The second-order valence-corrected chi connectivity index (χ2v) is 13.8. The van der Waals surface area contributed by atoms with E-state index in [9.17, 15) is 14.4 Å². The van der Waals surface area contributed by atoms with Gasteiger partial charge in [0.25, 0.3) is 0 Å². The molecule has 1 unspecified atom stereocenters.